The van der Waals surface area contributed by atoms with Crippen LogP contribution in [0, 0.1) is 0 Å². The molecule has 1 aliphatic heterocycles. The largest absolute Gasteiger partial charge is 0.417 e. The Morgan fingerprint density at radius 1 is 0.871 bits per heavy atom. The summed E-state index contributed by atoms with van der Waals surface area (Å²) < 4.78 is 39.8. The van der Waals surface area contributed by atoms with Crippen LogP contribution in [-0.2, 0) is 17.4 Å². The van der Waals surface area contributed by atoms with Gasteiger partial charge in [0.15, 0.2) is 0 Å². The van der Waals surface area contributed by atoms with Crippen molar-refractivity contribution >= 4 is 46.6 Å². The second-order valence-electron chi connectivity index (χ2n) is 7.10. The molecule has 0 N–H and O–H groups in total. The van der Waals surface area contributed by atoms with Gasteiger partial charge in [0.1, 0.15) is 0 Å². The van der Waals surface area contributed by atoms with Crippen molar-refractivity contribution < 1.29 is 22.8 Å². The van der Waals surface area contributed by atoms with E-state index in [1.165, 1.54) is 4.90 Å². The highest BCUT2D eigenvalue weighted by Crippen LogP contribution is 2.34. The van der Waals surface area contributed by atoms with Gasteiger partial charge in [0.25, 0.3) is 5.91 Å². The summed E-state index contributed by atoms with van der Waals surface area (Å²) in [5.41, 5.74) is -0.716. The van der Waals surface area contributed by atoms with E-state index in [2.05, 4.69) is 0 Å². The minimum atomic E-state index is -4.67. The van der Waals surface area contributed by atoms with Gasteiger partial charge in [0.05, 0.1) is 11.1 Å². The van der Waals surface area contributed by atoms with Crippen molar-refractivity contribution in [2.24, 2.45) is 0 Å². The molecule has 166 valence electrons. The molecule has 3 rings (SSSR count). The Morgan fingerprint density at radius 2 is 1.45 bits per heavy atom. The van der Waals surface area contributed by atoms with E-state index in [9.17, 15) is 22.8 Å². The molecule has 1 fully saturated rings. The van der Waals surface area contributed by atoms with Crippen LogP contribution < -0.4 is 0 Å². The fourth-order valence-electron chi connectivity index (χ4n) is 3.39. The Labute approximate surface area is 192 Å². The highest BCUT2D eigenvalue weighted by atomic mass is 35.5. The Kier molecular flexibility index (Phi) is 7.39. The Bertz CT molecular complexity index is 990. The molecule has 2 aromatic rings. The predicted molar refractivity (Wildman–Crippen MR) is 114 cm³/mol. The number of carbonyl (C=O) groups excluding carboxylic acids is 2. The maximum atomic E-state index is 13.3. The molecule has 10 heteroatoms. The van der Waals surface area contributed by atoms with Crippen molar-refractivity contribution in [3.8, 4) is 0 Å². The number of rotatable bonds is 4. The third kappa shape index (κ3) is 5.84. The summed E-state index contributed by atoms with van der Waals surface area (Å²) in [6.45, 7) is 0.744. The smallest absolute Gasteiger partial charge is 0.339 e. The molecule has 0 unspecified atom stereocenters. The number of piperazine rings is 1. The molecule has 0 saturated carbocycles. The number of aryl methyl sites for hydroxylation is 1. The zero-order valence-corrected chi connectivity index (χ0v) is 18.5. The SMILES string of the molecule is O=C(CCc1ccc(Cl)cc1Cl)N1CCN(C(=O)c2cc(Cl)ccc2C(F)(F)F)CC1. The molecule has 1 saturated heterocycles. The number of carbonyl (C=O) groups is 2. The molecule has 0 aromatic heterocycles. The first-order chi connectivity index (χ1) is 14.6. The van der Waals surface area contributed by atoms with Crippen molar-refractivity contribution in [1.82, 2.24) is 9.80 Å². The van der Waals surface area contributed by atoms with Crippen LogP contribution >= 0.6 is 34.8 Å². The lowest BCUT2D eigenvalue weighted by molar-refractivity contribution is -0.138. The van der Waals surface area contributed by atoms with Crippen LogP contribution in [0.2, 0.25) is 15.1 Å². The summed E-state index contributed by atoms with van der Waals surface area (Å²) in [5.74, 6) is -0.869. The molecule has 0 bridgehead atoms. The van der Waals surface area contributed by atoms with Crippen LogP contribution in [0.3, 0.4) is 0 Å². The number of hydrogen-bond acceptors (Lipinski definition) is 2. The minimum Gasteiger partial charge on any atom is -0.339 e. The van der Waals surface area contributed by atoms with E-state index in [1.807, 2.05) is 0 Å². The molecule has 31 heavy (non-hydrogen) atoms. The van der Waals surface area contributed by atoms with Crippen LogP contribution in [0.4, 0.5) is 13.2 Å². The Balaban J connectivity index is 1.60. The Hall–Kier alpha value is -1.96. The number of halogens is 6. The maximum absolute atomic E-state index is 13.3. The summed E-state index contributed by atoms with van der Waals surface area (Å²) in [6.07, 6.45) is -4.01. The maximum Gasteiger partial charge on any atom is 0.417 e. The molecule has 4 nitrogen and oxygen atoms in total. The molecular weight excluding hydrogens is 476 g/mol. The average Bonchev–Trinajstić information content (AvgIpc) is 2.71. The van der Waals surface area contributed by atoms with Crippen molar-refractivity contribution in [2.75, 3.05) is 26.2 Å². The summed E-state index contributed by atoms with van der Waals surface area (Å²) in [6, 6.07) is 8.00. The first kappa shape index (κ1) is 23.7. The van der Waals surface area contributed by atoms with Crippen LogP contribution in [0.15, 0.2) is 36.4 Å². The molecule has 2 aromatic carbocycles. The van der Waals surface area contributed by atoms with Gasteiger partial charge in [0, 0.05) is 47.7 Å². The lowest BCUT2D eigenvalue weighted by Gasteiger charge is -2.35. The normalized spacial score (nSPS) is 14.6. The number of amides is 2. The van der Waals surface area contributed by atoms with Gasteiger partial charge < -0.3 is 9.80 Å². The first-order valence-corrected chi connectivity index (χ1v) is 10.6. The summed E-state index contributed by atoms with van der Waals surface area (Å²) >= 11 is 17.8. The molecule has 1 heterocycles. The standard InChI is InChI=1S/C21H18Cl3F3N2O2/c22-14-4-5-17(21(25,26)27)16(11-14)20(31)29-9-7-28(8-10-29)19(30)6-2-13-1-3-15(23)12-18(13)24/h1,3-5,11-12H,2,6-10H2. The fourth-order valence-corrected chi connectivity index (χ4v) is 4.07. The van der Waals surface area contributed by atoms with E-state index in [1.54, 1.807) is 23.1 Å². The molecule has 0 aliphatic carbocycles. The molecular formula is C21H18Cl3F3N2O2. The number of hydrogen-bond donors (Lipinski definition) is 0. The fraction of sp³-hybridized carbons (Fsp3) is 0.333. The van der Waals surface area contributed by atoms with Crippen molar-refractivity contribution in [3.63, 3.8) is 0 Å². The first-order valence-electron chi connectivity index (χ1n) is 9.44. The van der Waals surface area contributed by atoms with Gasteiger partial charge in [0.2, 0.25) is 5.91 Å². The molecule has 0 atom stereocenters. The minimum absolute atomic E-state index is 0.0472. The number of alkyl halides is 3. The van der Waals surface area contributed by atoms with E-state index < -0.39 is 23.2 Å². The highest BCUT2D eigenvalue weighted by molar-refractivity contribution is 6.35. The van der Waals surface area contributed by atoms with Crippen molar-refractivity contribution in [2.45, 2.75) is 19.0 Å². The lowest BCUT2D eigenvalue weighted by Crippen LogP contribution is -2.50. The van der Waals surface area contributed by atoms with Crippen LogP contribution in [0.25, 0.3) is 0 Å². The van der Waals surface area contributed by atoms with Gasteiger partial charge in [-0.15, -0.1) is 0 Å². The van der Waals surface area contributed by atoms with Gasteiger partial charge in [-0.3, -0.25) is 9.59 Å². The average molecular weight is 494 g/mol. The monoisotopic (exact) mass is 492 g/mol. The van der Waals surface area contributed by atoms with Gasteiger partial charge in [-0.25, -0.2) is 0 Å². The summed E-state index contributed by atoms with van der Waals surface area (Å²) in [5, 5.41) is 1.04. The van der Waals surface area contributed by atoms with Crippen molar-refractivity contribution in [3.05, 3.63) is 68.2 Å². The van der Waals surface area contributed by atoms with E-state index in [-0.39, 0.29) is 43.5 Å². The highest BCUT2D eigenvalue weighted by Gasteiger charge is 2.37. The number of benzene rings is 2. The number of nitrogens with zero attached hydrogens (tertiary/aromatic N) is 2. The van der Waals surface area contributed by atoms with E-state index in [0.717, 1.165) is 23.8 Å². The van der Waals surface area contributed by atoms with Gasteiger partial charge >= 0.3 is 6.18 Å². The predicted octanol–water partition coefficient (Wildman–Crippen LogP) is 5.58. The van der Waals surface area contributed by atoms with E-state index >= 15 is 0 Å². The van der Waals surface area contributed by atoms with E-state index in [0.29, 0.717) is 16.5 Å². The summed E-state index contributed by atoms with van der Waals surface area (Å²) in [4.78, 5) is 28.1. The lowest BCUT2D eigenvalue weighted by atomic mass is 10.1. The Morgan fingerprint density at radius 3 is 2.06 bits per heavy atom. The zero-order chi connectivity index (χ0) is 22.8. The van der Waals surface area contributed by atoms with Gasteiger partial charge in [-0.1, -0.05) is 40.9 Å². The second-order valence-corrected chi connectivity index (χ2v) is 8.38. The van der Waals surface area contributed by atoms with Gasteiger partial charge in [-0.05, 0) is 42.3 Å². The van der Waals surface area contributed by atoms with Gasteiger partial charge in [-0.2, -0.15) is 13.2 Å². The van der Waals surface area contributed by atoms with Crippen LogP contribution in [0.5, 0.6) is 0 Å². The summed E-state index contributed by atoms with van der Waals surface area (Å²) in [7, 11) is 0. The topological polar surface area (TPSA) is 40.6 Å². The third-order valence-corrected chi connectivity index (χ3v) is 5.88. The molecule has 0 radical (unpaired) electrons. The third-order valence-electron chi connectivity index (χ3n) is 5.06. The quantitative estimate of drug-likeness (QED) is 0.558. The van der Waals surface area contributed by atoms with Crippen LogP contribution in [-0.4, -0.2) is 47.8 Å². The molecule has 2 amide bonds. The second kappa shape index (κ2) is 9.67. The van der Waals surface area contributed by atoms with Crippen LogP contribution in [0.1, 0.15) is 27.9 Å². The van der Waals surface area contributed by atoms with E-state index in [4.69, 9.17) is 34.8 Å². The zero-order valence-electron chi connectivity index (χ0n) is 16.2. The molecule has 0 spiro atoms. The van der Waals surface area contributed by atoms with Crippen molar-refractivity contribution in [1.29, 1.82) is 0 Å². The molecule has 1 aliphatic rings.